The molecule has 1 saturated carbocycles. The molecule has 2 aliphatic carbocycles. The van der Waals surface area contributed by atoms with Crippen molar-refractivity contribution in [1.82, 2.24) is 0 Å². The number of rotatable bonds is 3. The van der Waals surface area contributed by atoms with E-state index in [1.807, 2.05) is 55.4 Å². The summed E-state index contributed by atoms with van der Waals surface area (Å²) >= 11 is 4.97. The molecule has 2 rings (SSSR count). The van der Waals surface area contributed by atoms with E-state index in [-0.39, 0.29) is 0 Å². The van der Waals surface area contributed by atoms with Crippen molar-refractivity contribution in [3.05, 3.63) is 53.3 Å². The Morgan fingerprint density at radius 2 is 1.23 bits per heavy atom. The molecule has 0 aromatic rings. The van der Waals surface area contributed by atoms with Crippen molar-refractivity contribution in [3.63, 3.8) is 0 Å². The molecule has 2 aliphatic rings. The number of hydrogen-bond donors (Lipinski definition) is 0. The topological polar surface area (TPSA) is 0 Å². The van der Waals surface area contributed by atoms with Gasteiger partial charge in [-0.3, -0.25) is 0 Å². The normalized spacial score (nSPS) is 19.1. The first kappa shape index (κ1) is 35.7. The lowest BCUT2D eigenvalue weighted by Crippen LogP contribution is -2.09. The average molecular weight is 655 g/mol. The Labute approximate surface area is 224 Å². The lowest BCUT2D eigenvalue weighted by molar-refractivity contribution is 0.668. The van der Waals surface area contributed by atoms with Crippen LogP contribution in [0.5, 0.6) is 0 Å². The van der Waals surface area contributed by atoms with Crippen molar-refractivity contribution in [1.29, 1.82) is 0 Å². The van der Waals surface area contributed by atoms with E-state index in [1.165, 1.54) is 69.7 Å². The summed E-state index contributed by atoms with van der Waals surface area (Å²) in [5.74, 6) is 0. The summed E-state index contributed by atoms with van der Waals surface area (Å²) in [5, 5.41) is 0. The van der Waals surface area contributed by atoms with Crippen LogP contribution in [-0.4, -0.2) is 0 Å². The third kappa shape index (κ3) is 12.3. The second-order valence-electron chi connectivity index (χ2n) is 6.65. The molecule has 0 aliphatic heterocycles. The molecule has 0 bridgehead atoms. The first-order valence-corrected chi connectivity index (χ1v) is 14.9. The molecule has 0 N–H and O–H groups in total. The van der Waals surface area contributed by atoms with E-state index in [0.29, 0.717) is 0 Å². The van der Waals surface area contributed by atoms with Crippen LogP contribution >= 0.6 is 45.2 Å². The SMILES string of the molecule is C=C(I)C(=C1/CCCC/C1=C/C)/C(C1=C(C)CCCC1)=C(/C)I.CC.CC.CC.CC. The molecule has 0 amide bonds. The summed E-state index contributed by atoms with van der Waals surface area (Å²) < 4.78 is 2.62. The van der Waals surface area contributed by atoms with Gasteiger partial charge in [-0.25, -0.2) is 0 Å². The van der Waals surface area contributed by atoms with Gasteiger partial charge in [0.05, 0.1) is 0 Å². The molecule has 0 saturated heterocycles. The van der Waals surface area contributed by atoms with Crippen molar-refractivity contribution in [2.45, 2.75) is 128 Å². The maximum atomic E-state index is 4.36. The number of halogens is 2. The Balaban J connectivity index is -0.000000879. The van der Waals surface area contributed by atoms with Gasteiger partial charge in [-0.1, -0.05) is 73.6 Å². The zero-order chi connectivity index (χ0) is 25.0. The Morgan fingerprint density at radius 1 is 0.774 bits per heavy atom. The molecule has 0 aromatic heterocycles. The van der Waals surface area contributed by atoms with Gasteiger partial charge < -0.3 is 0 Å². The van der Waals surface area contributed by atoms with E-state index >= 15 is 0 Å². The molecular formula is C29H52I2. The standard InChI is InChI=1S/C21H28I2.4C2H6/c1-5-17-11-7-9-13-19(17)21(16(4)23)20(15(3)22)18-12-8-6-10-14(18)2;4*1-2/h5H,4,6-13H2,1-3H3;4*1-2H3/b17-5-,20-15-,21-19+;;;;. The first-order chi connectivity index (χ1) is 15.0. The minimum absolute atomic E-state index is 1.20. The average Bonchev–Trinajstić information content (AvgIpc) is 2.83. The van der Waals surface area contributed by atoms with Gasteiger partial charge >= 0.3 is 0 Å². The van der Waals surface area contributed by atoms with Gasteiger partial charge in [0, 0.05) is 3.58 Å². The highest BCUT2D eigenvalue weighted by Gasteiger charge is 2.24. The van der Waals surface area contributed by atoms with E-state index in [9.17, 15) is 0 Å². The van der Waals surface area contributed by atoms with Crippen LogP contribution in [0.4, 0.5) is 0 Å². The van der Waals surface area contributed by atoms with Crippen molar-refractivity contribution in [2.75, 3.05) is 0 Å². The summed E-state index contributed by atoms with van der Waals surface area (Å²) in [7, 11) is 0. The monoisotopic (exact) mass is 654 g/mol. The van der Waals surface area contributed by atoms with Gasteiger partial charge in [0.1, 0.15) is 0 Å². The van der Waals surface area contributed by atoms with E-state index in [4.69, 9.17) is 0 Å². The number of allylic oxidation sites excluding steroid dienone is 9. The van der Waals surface area contributed by atoms with Crippen LogP contribution in [0.2, 0.25) is 0 Å². The minimum Gasteiger partial charge on any atom is -0.0850 e. The lowest BCUT2D eigenvalue weighted by Gasteiger charge is -2.28. The molecule has 0 nitrogen and oxygen atoms in total. The summed E-state index contributed by atoms with van der Waals surface area (Å²) in [6, 6.07) is 0. The van der Waals surface area contributed by atoms with Crippen LogP contribution in [-0.2, 0) is 0 Å². The molecule has 0 aromatic carbocycles. The fourth-order valence-corrected chi connectivity index (χ4v) is 5.10. The van der Waals surface area contributed by atoms with E-state index < -0.39 is 0 Å². The Hall–Kier alpha value is 0.160. The third-order valence-electron chi connectivity index (χ3n) is 5.07. The molecule has 2 heteroatoms. The van der Waals surface area contributed by atoms with Crippen LogP contribution in [0.3, 0.4) is 0 Å². The quantitative estimate of drug-likeness (QED) is 0.266. The molecule has 1 fully saturated rings. The molecule has 0 heterocycles. The Bertz CT molecular complexity index is 609. The van der Waals surface area contributed by atoms with Gasteiger partial charge in [-0.2, -0.15) is 0 Å². The molecule has 182 valence electrons. The van der Waals surface area contributed by atoms with Gasteiger partial charge in [0.25, 0.3) is 0 Å². The van der Waals surface area contributed by atoms with Gasteiger partial charge in [0.15, 0.2) is 0 Å². The zero-order valence-corrected chi connectivity index (χ0v) is 27.0. The van der Waals surface area contributed by atoms with Crippen LogP contribution in [0.1, 0.15) is 128 Å². The summed E-state index contributed by atoms with van der Waals surface area (Å²) in [5.41, 5.74) is 9.25. The van der Waals surface area contributed by atoms with E-state index in [0.717, 1.165) is 0 Å². The first-order valence-electron chi connectivity index (χ1n) is 12.8. The van der Waals surface area contributed by atoms with Crippen molar-refractivity contribution in [2.24, 2.45) is 0 Å². The number of hydrogen-bond acceptors (Lipinski definition) is 0. The highest BCUT2D eigenvalue weighted by molar-refractivity contribution is 14.1. The fourth-order valence-electron chi connectivity index (χ4n) is 3.91. The fraction of sp³-hybridized carbons (Fsp3) is 0.655. The molecule has 0 spiro atoms. The minimum atomic E-state index is 1.20. The van der Waals surface area contributed by atoms with Crippen molar-refractivity contribution in [3.8, 4) is 0 Å². The van der Waals surface area contributed by atoms with Crippen LogP contribution in [0.25, 0.3) is 0 Å². The van der Waals surface area contributed by atoms with E-state index in [1.54, 1.807) is 22.3 Å². The molecular weight excluding hydrogens is 602 g/mol. The van der Waals surface area contributed by atoms with Crippen molar-refractivity contribution >= 4 is 45.2 Å². The third-order valence-corrected chi connectivity index (χ3v) is 6.15. The Kier molecular flexibility index (Phi) is 26.9. The smallest absolute Gasteiger partial charge is 0.0140 e. The van der Waals surface area contributed by atoms with Gasteiger partial charge in [-0.15, -0.1) is 0 Å². The Morgan fingerprint density at radius 3 is 1.65 bits per heavy atom. The molecule has 31 heavy (non-hydrogen) atoms. The lowest BCUT2D eigenvalue weighted by atomic mass is 9.79. The highest BCUT2D eigenvalue weighted by atomic mass is 127. The largest absolute Gasteiger partial charge is 0.0850 e. The summed E-state index contributed by atoms with van der Waals surface area (Å²) in [4.78, 5) is 0. The molecule has 0 unspecified atom stereocenters. The predicted molar refractivity (Wildman–Crippen MR) is 166 cm³/mol. The van der Waals surface area contributed by atoms with Crippen LogP contribution in [0.15, 0.2) is 53.3 Å². The maximum absolute atomic E-state index is 4.36. The van der Waals surface area contributed by atoms with Gasteiger partial charge in [0.2, 0.25) is 0 Å². The summed E-state index contributed by atoms with van der Waals surface area (Å²) in [6.45, 7) is 27.2. The van der Waals surface area contributed by atoms with Crippen LogP contribution < -0.4 is 0 Å². The maximum Gasteiger partial charge on any atom is 0.0140 e. The molecule has 0 atom stereocenters. The van der Waals surface area contributed by atoms with E-state index in [2.05, 4.69) is 78.6 Å². The van der Waals surface area contributed by atoms with Crippen LogP contribution in [0, 0.1) is 0 Å². The predicted octanol–water partition coefficient (Wildman–Crippen LogP) is 12.5. The zero-order valence-electron chi connectivity index (χ0n) is 22.7. The molecule has 0 radical (unpaired) electrons. The second kappa shape index (κ2) is 23.3. The highest BCUT2D eigenvalue weighted by Crippen LogP contribution is 2.44. The van der Waals surface area contributed by atoms with Gasteiger partial charge in [-0.05, 0) is 149 Å². The second-order valence-corrected chi connectivity index (χ2v) is 9.57. The van der Waals surface area contributed by atoms with Crippen molar-refractivity contribution < 1.29 is 0 Å². The summed E-state index contributed by atoms with van der Waals surface area (Å²) in [6.07, 6.45) is 12.6.